The van der Waals surface area contributed by atoms with Crippen LogP contribution in [0.3, 0.4) is 0 Å². The molecule has 5 rings (SSSR count). The van der Waals surface area contributed by atoms with Crippen molar-refractivity contribution in [3.63, 3.8) is 0 Å². The number of aromatic nitrogens is 4. The Kier molecular flexibility index (Phi) is 5.75. The summed E-state index contributed by atoms with van der Waals surface area (Å²) >= 11 is 0. The number of nitrogens with zero attached hydrogens (tertiary/aromatic N) is 3. The van der Waals surface area contributed by atoms with Crippen LogP contribution in [0.5, 0.6) is 0 Å². The van der Waals surface area contributed by atoms with Crippen molar-refractivity contribution in [2.24, 2.45) is 0 Å². The van der Waals surface area contributed by atoms with Gasteiger partial charge in [-0.2, -0.15) is 5.10 Å². The van der Waals surface area contributed by atoms with E-state index in [0.717, 1.165) is 46.6 Å². The molecule has 0 atom stereocenters. The standard InChI is InChI=1S/C26H25N5O/c32-26(30-21-6-2-1-3-7-21)19-11-9-18(10-12-19)24-16-20(13-15-28-24)22-17-29-31-25(22)23-8-4-5-14-27-23/h4-5,8-17,21H,1-3,6-7H2,(H,29,31)(H,30,32). The minimum absolute atomic E-state index is 0.00330. The third-order valence-corrected chi connectivity index (χ3v) is 6.01. The molecule has 0 bridgehead atoms. The Morgan fingerprint density at radius 3 is 2.47 bits per heavy atom. The van der Waals surface area contributed by atoms with E-state index in [0.29, 0.717) is 11.6 Å². The van der Waals surface area contributed by atoms with Gasteiger partial charge in [-0.25, -0.2) is 0 Å². The fourth-order valence-electron chi connectivity index (χ4n) is 4.27. The lowest BCUT2D eigenvalue weighted by atomic mass is 9.95. The molecule has 6 heteroatoms. The lowest BCUT2D eigenvalue weighted by Crippen LogP contribution is -2.36. The molecular weight excluding hydrogens is 398 g/mol. The quantitative estimate of drug-likeness (QED) is 0.458. The van der Waals surface area contributed by atoms with Crippen LogP contribution in [0, 0.1) is 0 Å². The number of carbonyl (C=O) groups excluding carboxylic acids is 1. The SMILES string of the molecule is O=C(NC1CCCCC1)c1ccc(-c2cc(-c3cn[nH]c3-c3ccccn3)ccn2)cc1. The van der Waals surface area contributed by atoms with Gasteiger partial charge in [0.15, 0.2) is 0 Å². The number of rotatable bonds is 5. The number of H-pyrrole nitrogens is 1. The summed E-state index contributed by atoms with van der Waals surface area (Å²) in [6.07, 6.45) is 11.2. The lowest BCUT2D eigenvalue weighted by Gasteiger charge is -2.22. The van der Waals surface area contributed by atoms with Crippen molar-refractivity contribution in [3.05, 3.63) is 78.8 Å². The van der Waals surface area contributed by atoms with Gasteiger partial charge in [-0.1, -0.05) is 37.5 Å². The maximum atomic E-state index is 12.6. The first-order chi connectivity index (χ1) is 15.8. The van der Waals surface area contributed by atoms with Crippen LogP contribution in [-0.2, 0) is 0 Å². The van der Waals surface area contributed by atoms with Crippen LogP contribution in [0.1, 0.15) is 42.5 Å². The highest BCUT2D eigenvalue weighted by atomic mass is 16.1. The van der Waals surface area contributed by atoms with E-state index in [1.807, 2.05) is 60.8 Å². The third kappa shape index (κ3) is 4.30. The van der Waals surface area contributed by atoms with Gasteiger partial charge < -0.3 is 5.32 Å². The zero-order chi connectivity index (χ0) is 21.8. The van der Waals surface area contributed by atoms with Crippen LogP contribution in [0.15, 0.2) is 73.2 Å². The van der Waals surface area contributed by atoms with Crippen LogP contribution in [0.4, 0.5) is 0 Å². The molecule has 6 nitrogen and oxygen atoms in total. The maximum absolute atomic E-state index is 12.6. The third-order valence-electron chi connectivity index (χ3n) is 6.01. The van der Waals surface area contributed by atoms with E-state index in [4.69, 9.17) is 0 Å². The van der Waals surface area contributed by atoms with Crippen molar-refractivity contribution in [2.75, 3.05) is 0 Å². The fraction of sp³-hybridized carbons (Fsp3) is 0.231. The molecule has 0 spiro atoms. The van der Waals surface area contributed by atoms with Gasteiger partial charge >= 0.3 is 0 Å². The van der Waals surface area contributed by atoms with Crippen molar-refractivity contribution in [2.45, 2.75) is 38.1 Å². The molecular formula is C26H25N5O. The van der Waals surface area contributed by atoms with Crippen molar-refractivity contribution in [3.8, 4) is 33.8 Å². The van der Waals surface area contributed by atoms with Crippen LogP contribution < -0.4 is 5.32 Å². The van der Waals surface area contributed by atoms with Crippen LogP contribution in [0.25, 0.3) is 33.8 Å². The fourth-order valence-corrected chi connectivity index (χ4v) is 4.27. The highest BCUT2D eigenvalue weighted by molar-refractivity contribution is 5.95. The van der Waals surface area contributed by atoms with Gasteiger partial charge in [0.25, 0.3) is 5.91 Å². The Balaban J connectivity index is 1.36. The predicted molar refractivity (Wildman–Crippen MR) is 125 cm³/mol. The summed E-state index contributed by atoms with van der Waals surface area (Å²) in [6.45, 7) is 0. The van der Waals surface area contributed by atoms with Gasteiger partial charge in [-0.05, 0) is 54.8 Å². The average molecular weight is 424 g/mol. The van der Waals surface area contributed by atoms with E-state index >= 15 is 0 Å². The zero-order valence-electron chi connectivity index (χ0n) is 17.8. The molecule has 32 heavy (non-hydrogen) atoms. The Bertz CT molecular complexity index is 1190. The van der Waals surface area contributed by atoms with Gasteiger partial charge in [-0.15, -0.1) is 0 Å². The second kappa shape index (κ2) is 9.14. The molecule has 1 aliphatic rings. The van der Waals surface area contributed by atoms with Gasteiger partial charge in [0.05, 0.1) is 23.3 Å². The Morgan fingerprint density at radius 1 is 0.875 bits per heavy atom. The van der Waals surface area contributed by atoms with E-state index in [9.17, 15) is 4.79 Å². The molecule has 0 unspecified atom stereocenters. The summed E-state index contributed by atoms with van der Waals surface area (Å²) in [5.74, 6) is 0.00330. The molecule has 3 heterocycles. The molecule has 0 radical (unpaired) electrons. The predicted octanol–water partition coefficient (Wildman–Crippen LogP) is 5.26. The van der Waals surface area contributed by atoms with E-state index in [1.54, 1.807) is 12.4 Å². The van der Waals surface area contributed by atoms with Crippen molar-refractivity contribution in [1.29, 1.82) is 0 Å². The van der Waals surface area contributed by atoms with Crippen LogP contribution in [0.2, 0.25) is 0 Å². The molecule has 4 aromatic rings. The molecule has 1 amide bonds. The molecule has 2 N–H and O–H groups in total. The van der Waals surface area contributed by atoms with Gasteiger partial charge in [0.1, 0.15) is 0 Å². The lowest BCUT2D eigenvalue weighted by molar-refractivity contribution is 0.0927. The number of aromatic amines is 1. The van der Waals surface area contributed by atoms with Crippen LogP contribution in [-0.4, -0.2) is 32.1 Å². The van der Waals surface area contributed by atoms with E-state index in [-0.39, 0.29) is 5.91 Å². The molecule has 1 aromatic carbocycles. The van der Waals surface area contributed by atoms with Gasteiger partial charge in [0.2, 0.25) is 0 Å². The molecule has 1 aliphatic carbocycles. The molecule has 0 aliphatic heterocycles. The number of benzene rings is 1. The summed E-state index contributed by atoms with van der Waals surface area (Å²) in [5, 5.41) is 10.5. The van der Waals surface area contributed by atoms with Gasteiger partial charge in [0, 0.05) is 35.1 Å². The Hall–Kier alpha value is -3.80. The Labute approximate surface area is 187 Å². The molecule has 1 saturated carbocycles. The summed E-state index contributed by atoms with van der Waals surface area (Å²) < 4.78 is 0. The molecule has 1 fully saturated rings. The minimum atomic E-state index is 0.00330. The molecule has 0 saturated heterocycles. The first-order valence-corrected chi connectivity index (χ1v) is 11.1. The highest BCUT2D eigenvalue weighted by Crippen LogP contribution is 2.31. The second-order valence-electron chi connectivity index (χ2n) is 8.19. The first-order valence-electron chi connectivity index (χ1n) is 11.1. The normalized spacial score (nSPS) is 14.2. The first kappa shape index (κ1) is 20.1. The largest absolute Gasteiger partial charge is 0.349 e. The molecule has 160 valence electrons. The topological polar surface area (TPSA) is 83.6 Å². The average Bonchev–Trinajstić information content (AvgIpc) is 3.36. The number of hydrogen-bond acceptors (Lipinski definition) is 4. The summed E-state index contributed by atoms with van der Waals surface area (Å²) in [4.78, 5) is 21.6. The van der Waals surface area contributed by atoms with Crippen molar-refractivity contribution >= 4 is 5.91 Å². The number of nitrogens with one attached hydrogen (secondary N) is 2. The minimum Gasteiger partial charge on any atom is -0.349 e. The maximum Gasteiger partial charge on any atom is 0.251 e. The number of pyridine rings is 2. The number of carbonyl (C=O) groups is 1. The summed E-state index contributed by atoms with van der Waals surface area (Å²) in [7, 11) is 0. The van der Waals surface area contributed by atoms with E-state index in [2.05, 4.69) is 25.5 Å². The van der Waals surface area contributed by atoms with Crippen LogP contribution >= 0.6 is 0 Å². The highest BCUT2D eigenvalue weighted by Gasteiger charge is 2.17. The monoisotopic (exact) mass is 423 g/mol. The van der Waals surface area contributed by atoms with E-state index in [1.165, 1.54) is 19.3 Å². The van der Waals surface area contributed by atoms with Gasteiger partial charge in [-0.3, -0.25) is 19.9 Å². The van der Waals surface area contributed by atoms with E-state index < -0.39 is 0 Å². The van der Waals surface area contributed by atoms with Crippen molar-refractivity contribution in [1.82, 2.24) is 25.5 Å². The summed E-state index contributed by atoms with van der Waals surface area (Å²) in [6, 6.07) is 17.8. The Morgan fingerprint density at radius 2 is 1.69 bits per heavy atom. The van der Waals surface area contributed by atoms with Crippen molar-refractivity contribution < 1.29 is 4.79 Å². The number of hydrogen-bond donors (Lipinski definition) is 2. The molecule has 3 aromatic heterocycles. The smallest absolute Gasteiger partial charge is 0.251 e. The second-order valence-corrected chi connectivity index (χ2v) is 8.19. The zero-order valence-corrected chi connectivity index (χ0v) is 17.8. The number of amides is 1. The summed E-state index contributed by atoms with van der Waals surface area (Å²) in [5.41, 5.74) is 6.17.